The van der Waals surface area contributed by atoms with Gasteiger partial charge in [-0.2, -0.15) is 6.42 Å². The summed E-state index contributed by atoms with van der Waals surface area (Å²) in [5.41, 5.74) is 0.622. The van der Waals surface area contributed by atoms with E-state index in [0.717, 1.165) is 18.3 Å². The molecule has 0 saturated heterocycles. The van der Waals surface area contributed by atoms with Crippen LogP contribution in [-0.4, -0.2) is 0 Å². The molecule has 17 heavy (non-hydrogen) atoms. The van der Waals surface area contributed by atoms with Crippen LogP contribution >= 0.6 is 0 Å². The molecule has 0 N–H and O–H groups in total. The standard InChI is InChI=1S/C17H33/c1-5-16-10-7-6-8-12-17(4,13-9-11-16)14-15(2)3/h15-16H,1,5-14H2,2-4H3/q-1. The zero-order valence-corrected chi connectivity index (χ0v) is 12.4. The predicted molar refractivity (Wildman–Crippen MR) is 78.0 cm³/mol. The quantitative estimate of drug-likeness (QED) is 0.527. The topological polar surface area (TPSA) is 0 Å². The van der Waals surface area contributed by atoms with E-state index in [2.05, 4.69) is 27.7 Å². The maximum atomic E-state index is 4.12. The van der Waals surface area contributed by atoms with Crippen LogP contribution in [0.1, 0.15) is 85.0 Å². The third kappa shape index (κ3) is 5.93. The molecule has 102 valence electrons. The van der Waals surface area contributed by atoms with Crippen molar-refractivity contribution in [3.8, 4) is 0 Å². The Morgan fingerprint density at radius 1 is 1.06 bits per heavy atom. The second-order valence-electron chi connectivity index (χ2n) is 7.05. The van der Waals surface area contributed by atoms with Crippen LogP contribution < -0.4 is 0 Å². The Morgan fingerprint density at radius 3 is 2.35 bits per heavy atom. The Labute approximate surface area is 110 Å². The van der Waals surface area contributed by atoms with Crippen LogP contribution in [0.4, 0.5) is 0 Å². The van der Waals surface area contributed by atoms with Crippen LogP contribution in [-0.2, 0) is 0 Å². The highest BCUT2D eigenvalue weighted by Crippen LogP contribution is 2.39. The SMILES string of the molecule is [CH2-]CC1CCCCCC(C)(CC(C)C)CCC1. The van der Waals surface area contributed by atoms with E-state index >= 15 is 0 Å². The van der Waals surface area contributed by atoms with E-state index in [1.165, 1.54) is 57.8 Å². The van der Waals surface area contributed by atoms with E-state index in [-0.39, 0.29) is 0 Å². The van der Waals surface area contributed by atoms with Gasteiger partial charge < -0.3 is 6.92 Å². The van der Waals surface area contributed by atoms with Gasteiger partial charge >= 0.3 is 0 Å². The molecule has 2 atom stereocenters. The van der Waals surface area contributed by atoms with E-state index in [0.29, 0.717) is 5.41 Å². The van der Waals surface area contributed by atoms with Gasteiger partial charge in [0.2, 0.25) is 0 Å². The maximum absolute atomic E-state index is 4.12. The van der Waals surface area contributed by atoms with Crippen molar-refractivity contribution in [2.24, 2.45) is 17.3 Å². The van der Waals surface area contributed by atoms with Gasteiger partial charge in [-0.25, -0.2) is 0 Å². The highest BCUT2D eigenvalue weighted by atomic mass is 14.3. The van der Waals surface area contributed by atoms with Crippen LogP contribution in [0.2, 0.25) is 0 Å². The third-order valence-corrected chi connectivity index (χ3v) is 4.59. The highest BCUT2D eigenvalue weighted by molar-refractivity contribution is 4.78. The van der Waals surface area contributed by atoms with Crippen LogP contribution in [0, 0.1) is 24.2 Å². The first-order valence-corrected chi connectivity index (χ1v) is 7.85. The van der Waals surface area contributed by atoms with Crippen LogP contribution in [0.5, 0.6) is 0 Å². The smallest absolute Gasteiger partial charge is 0.0323 e. The summed E-state index contributed by atoms with van der Waals surface area (Å²) in [4.78, 5) is 0. The number of hydrogen-bond donors (Lipinski definition) is 0. The molecule has 1 aliphatic rings. The predicted octanol–water partition coefficient (Wildman–Crippen LogP) is 6.01. The molecule has 0 bridgehead atoms. The molecule has 0 aromatic carbocycles. The molecule has 0 amide bonds. The molecular formula is C17H33-. The van der Waals surface area contributed by atoms with Crippen molar-refractivity contribution in [1.82, 2.24) is 0 Å². The first-order valence-electron chi connectivity index (χ1n) is 7.85. The molecule has 1 rings (SSSR count). The lowest BCUT2D eigenvalue weighted by molar-refractivity contribution is 0.190. The Kier molecular flexibility index (Phi) is 6.59. The Hall–Kier alpha value is 0. The third-order valence-electron chi connectivity index (χ3n) is 4.59. The minimum atomic E-state index is 0.622. The van der Waals surface area contributed by atoms with Crippen molar-refractivity contribution in [1.29, 1.82) is 0 Å². The lowest BCUT2D eigenvalue weighted by Crippen LogP contribution is -2.20. The first kappa shape index (κ1) is 15.1. The average molecular weight is 237 g/mol. The van der Waals surface area contributed by atoms with Crippen molar-refractivity contribution in [2.75, 3.05) is 0 Å². The summed E-state index contributed by atoms with van der Waals surface area (Å²) in [5.74, 6) is 1.77. The highest BCUT2D eigenvalue weighted by Gasteiger charge is 2.25. The van der Waals surface area contributed by atoms with Gasteiger partial charge in [-0.1, -0.05) is 65.2 Å². The fraction of sp³-hybridized carbons (Fsp3) is 0.941. The summed E-state index contributed by atoms with van der Waals surface area (Å²) in [7, 11) is 0. The summed E-state index contributed by atoms with van der Waals surface area (Å²) < 4.78 is 0. The molecule has 0 aromatic heterocycles. The normalized spacial score (nSPS) is 32.6. The molecule has 0 spiro atoms. The molecule has 2 unspecified atom stereocenters. The van der Waals surface area contributed by atoms with Crippen LogP contribution in [0.15, 0.2) is 0 Å². The van der Waals surface area contributed by atoms with E-state index in [1.807, 2.05) is 0 Å². The summed E-state index contributed by atoms with van der Waals surface area (Å²) in [6.07, 6.45) is 14.1. The molecule has 1 aliphatic carbocycles. The Bertz CT molecular complexity index is 194. The monoisotopic (exact) mass is 237 g/mol. The van der Waals surface area contributed by atoms with E-state index in [1.54, 1.807) is 0 Å². The molecule has 0 heterocycles. The van der Waals surface area contributed by atoms with Crippen molar-refractivity contribution < 1.29 is 0 Å². The Morgan fingerprint density at radius 2 is 1.71 bits per heavy atom. The van der Waals surface area contributed by atoms with Crippen molar-refractivity contribution >= 4 is 0 Å². The molecule has 0 radical (unpaired) electrons. The summed E-state index contributed by atoms with van der Waals surface area (Å²) in [6, 6.07) is 0. The lowest BCUT2D eigenvalue weighted by atomic mass is 9.73. The van der Waals surface area contributed by atoms with E-state index in [9.17, 15) is 0 Å². The van der Waals surface area contributed by atoms with Gasteiger partial charge in [0.05, 0.1) is 0 Å². The van der Waals surface area contributed by atoms with Crippen LogP contribution in [0.25, 0.3) is 0 Å². The zero-order chi connectivity index (χ0) is 12.7. The van der Waals surface area contributed by atoms with Crippen molar-refractivity contribution in [3.63, 3.8) is 0 Å². The van der Waals surface area contributed by atoms with Gasteiger partial charge in [-0.15, -0.1) is 0 Å². The second-order valence-corrected chi connectivity index (χ2v) is 7.05. The summed E-state index contributed by atoms with van der Waals surface area (Å²) >= 11 is 0. The molecule has 0 aliphatic heterocycles. The van der Waals surface area contributed by atoms with Crippen molar-refractivity contribution in [2.45, 2.75) is 85.0 Å². The molecule has 1 fully saturated rings. The lowest BCUT2D eigenvalue weighted by Gasteiger charge is -2.33. The van der Waals surface area contributed by atoms with E-state index in [4.69, 9.17) is 0 Å². The molecular weight excluding hydrogens is 204 g/mol. The number of rotatable bonds is 3. The minimum Gasteiger partial charge on any atom is -0.343 e. The van der Waals surface area contributed by atoms with Gasteiger partial charge in [0.1, 0.15) is 0 Å². The summed E-state index contributed by atoms with van der Waals surface area (Å²) in [5, 5.41) is 0. The second kappa shape index (κ2) is 7.44. The minimum absolute atomic E-state index is 0.622. The molecule has 0 aromatic rings. The van der Waals surface area contributed by atoms with E-state index < -0.39 is 0 Å². The van der Waals surface area contributed by atoms with Gasteiger partial charge in [0, 0.05) is 0 Å². The Balaban J connectivity index is 2.49. The average Bonchev–Trinajstić information content (AvgIpc) is 2.25. The van der Waals surface area contributed by atoms with Gasteiger partial charge in [-0.05, 0) is 30.6 Å². The van der Waals surface area contributed by atoms with Gasteiger partial charge in [0.25, 0.3) is 0 Å². The molecule has 0 nitrogen and oxygen atoms in total. The van der Waals surface area contributed by atoms with Crippen LogP contribution in [0.3, 0.4) is 0 Å². The maximum Gasteiger partial charge on any atom is -0.0323 e. The van der Waals surface area contributed by atoms with Gasteiger partial charge in [0.15, 0.2) is 0 Å². The van der Waals surface area contributed by atoms with Crippen molar-refractivity contribution in [3.05, 3.63) is 6.92 Å². The zero-order valence-electron chi connectivity index (χ0n) is 12.4. The largest absolute Gasteiger partial charge is 0.343 e. The first-order chi connectivity index (χ1) is 8.06. The van der Waals surface area contributed by atoms with Gasteiger partial charge in [-0.3, -0.25) is 0 Å². The fourth-order valence-electron chi connectivity index (χ4n) is 3.73. The molecule has 1 saturated carbocycles. The summed E-state index contributed by atoms with van der Waals surface area (Å²) in [6.45, 7) is 11.4. The fourth-order valence-corrected chi connectivity index (χ4v) is 3.73. The molecule has 0 heteroatoms. The number of hydrogen-bond acceptors (Lipinski definition) is 0.